The molecule has 0 bridgehead atoms. The van der Waals surface area contributed by atoms with Crippen LogP contribution in [-0.4, -0.2) is 21.9 Å². The van der Waals surface area contributed by atoms with Gasteiger partial charge < -0.3 is 5.32 Å². The lowest BCUT2D eigenvalue weighted by molar-refractivity contribution is -0.385. The van der Waals surface area contributed by atoms with Crippen molar-refractivity contribution >= 4 is 23.2 Å². The lowest BCUT2D eigenvalue weighted by Crippen LogP contribution is -2.40. The maximum atomic E-state index is 12.3. The minimum Gasteiger partial charge on any atom is -0.349 e. The van der Waals surface area contributed by atoms with Gasteiger partial charge in [0.05, 0.1) is 10.5 Å². The monoisotopic (exact) mass is 311 g/mol. The van der Waals surface area contributed by atoms with Crippen LogP contribution in [0.4, 0.5) is 5.69 Å². The molecule has 0 spiro atoms. The van der Waals surface area contributed by atoms with E-state index in [2.05, 4.69) is 24.1 Å². The summed E-state index contributed by atoms with van der Waals surface area (Å²) in [5, 5.41) is 13.7. The molecule has 114 valence electrons. The van der Waals surface area contributed by atoms with Crippen LogP contribution in [0, 0.1) is 22.0 Å². The standard InChI is InChI=1S/C14H18ClN3O3/c1-8-3-9(2)5-10(4-8)17-14(19)12-6-11(18(20)21)7-16-13(12)15/h6-10H,3-5H2,1-2H3,(H,17,19). The minimum absolute atomic E-state index is 0.0185. The molecule has 1 aliphatic rings. The van der Waals surface area contributed by atoms with E-state index in [1.165, 1.54) is 6.07 Å². The summed E-state index contributed by atoms with van der Waals surface area (Å²) in [5.41, 5.74) is -0.188. The maximum absolute atomic E-state index is 12.3. The predicted octanol–water partition coefficient (Wildman–Crippen LogP) is 3.20. The first kappa shape index (κ1) is 15.7. The molecular weight excluding hydrogens is 294 g/mol. The van der Waals surface area contributed by atoms with E-state index in [1.807, 2.05) is 0 Å². The second-order valence-electron chi connectivity index (χ2n) is 5.88. The van der Waals surface area contributed by atoms with Crippen LogP contribution in [0.1, 0.15) is 43.5 Å². The largest absolute Gasteiger partial charge is 0.349 e. The molecule has 21 heavy (non-hydrogen) atoms. The highest BCUT2D eigenvalue weighted by molar-refractivity contribution is 6.32. The number of aromatic nitrogens is 1. The zero-order chi connectivity index (χ0) is 15.6. The topological polar surface area (TPSA) is 85.1 Å². The average Bonchev–Trinajstić information content (AvgIpc) is 2.37. The van der Waals surface area contributed by atoms with Gasteiger partial charge in [-0.05, 0) is 31.1 Å². The lowest BCUT2D eigenvalue weighted by Gasteiger charge is -2.31. The molecule has 0 aromatic carbocycles. The van der Waals surface area contributed by atoms with E-state index >= 15 is 0 Å². The van der Waals surface area contributed by atoms with Crippen molar-refractivity contribution in [2.45, 2.75) is 39.2 Å². The van der Waals surface area contributed by atoms with Crippen molar-refractivity contribution in [1.29, 1.82) is 0 Å². The zero-order valence-electron chi connectivity index (χ0n) is 12.0. The van der Waals surface area contributed by atoms with Crippen LogP contribution < -0.4 is 5.32 Å². The Morgan fingerprint density at radius 1 is 1.38 bits per heavy atom. The van der Waals surface area contributed by atoms with Crippen molar-refractivity contribution in [3.63, 3.8) is 0 Å². The van der Waals surface area contributed by atoms with Gasteiger partial charge in [-0.2, -0.15) is 0 Å². The number of hydrogen-bond acceptors (Lipinski definition) is 4. The molecule has 1 amide bonds. The number of carbonyl (C=O) groups excluding carboxylic acids is 1. The summed E-state index contributed by atoms with van der Waals surface area (Å²) in [7, 11) is 0. The number of nitrogens with zero attached hydrogens (tertiary/aromatic N) is 2. The van der Waals surface area contributed by atoms with Gasteiger partial charge in [0, 0.05) is 12.1 Å². The molecule has 1 saturated carbocycles. The Balaban J connectivity index is 2.13. The molecule has 1 aromatic heterocycles. The molecule has 6 nitrogen and oxygen atoms in total. The van der Waals surface area contributed by atoms with Gasteiger partial charge in [0.1, 0.15) is 11.3 Å². The fourth-order valence-corrected chi connectivity index (χ4v) is 3.21. The number of pyridine rings is 1. The van der Waals surface area contributed by atoms with E-state index < -0.39 is 10.8 Å². The second-order valence-corrected chi connectivity index (χ2v) is 6.23. The summed E-state index contributed by atoms with van der Waals surface area (Å²) in [6.45, 7) is 4.33. The molecule has 1 aliphatic carbocycles. The number of rotatable bonds is 3. The van der Waals surface area contributed by atoms with Gasteiger partial charge in [-0.25, -0.2) is 4.98 Å². The Morgan fingerprint density at radius 3 is 2.57 bits per heavy atom. The normalized spacial score (nSPS) is 25.4. The maximum Gasteiger partial charge on any atom is 0.288 e. The van der Waals surface area contributed by atoms with Crippen LogP contribution in [0.5, 0.6) is 0 Å². The third-order valence-electron chi connectivity index (χ3n) is 3.79. The summed E-state index contributed by atoms with van der Waals surface area (Å²) in [5.74, 6) is 0.706. The van der Waals surface area contributed by atoms with E-state index in [1.54, 1.807) is 0 Å². The van der Waals surface area contributed by atoms with Gasteiger partial charge in [0.2, 0.25) is 0 Å². The van der Waals surface area contributed by atoms with Crippen molar-refractivity contribution < 1.29 is 9.72 Å². The van der Waals surface area contributed by atoms with Crippen LogP contribution in [0.25, 0.3) is 0 Å². The Bertz CT molecular complexity index is 554. The van der Waals surface area contributed by atoms with Crippen LogP contribution in [0.15, 0.2) is 12.3 Å². The van der Waals surface area contributed by atoms with Crippen LogP contribution in [0.3, 0.4) is 0 Å². The van der Waals surface area contributed by atoms with E-state index in [0.29, 0.717) is 11.8 Å². The molecule has 1 aromatic rings. The highest BCUT2D eigenvalue weighted by atomic mass is 35.5. The van der Waals surface area contributed by atoms with E-state index in [9.17, 15) is 14.9 Å². The van der Waals surface area contributed by atoms with E-state index in [-0.39, 0.29) is 22.4 Å². The molecule has 0 radical (unpaired) electrons. The molecule has 0 aliphatic heterocycles. The molecule has 1 heterocycles. The van der Waals surface area contributed by atoms with Crippen molar-refractivity contribution in [2.75, 3.05) is 0 Å². The SMILES string of the molecule is CC1CC(C)CC(NC(=O)c2cc([N+](=O)[O-])cnc2Cl)C1. The van der Waals surface area contributed by atoms with Gasteiger partial charge in [-0.15, -0.1) is 0 Å². The third kappa shape index (κ3) is 3.91. The van der Waals surface area contributed by atoms with Crippen LogP contribution in [0.2, 0.25) is 5.15 Å². The quantitative estimate of drug-likeness (QED) is 0.527. The molecular formula is C14H18ClN3O3. The van der Waals surface area contributed by atoms with Gasteiger partial charge in [-0.3, -0.25) is 14.9 Å². The molecule has 1 N–H and O–H groups in total. The molecule has 2 rings (SSSR count). The Morgan fingerprint density at radius 2 is 2.00 bits per heavy atom. The summed E-state index contributed by atoms with van der Waals surface area (Å²) in [6, 6.07) is 1.24. The van der Waals surface area contributed by atoms with Gasteiger partial charge in [0.25, 0.3) is 11.6 Å². The predicted molar refractivity (Wildman–Crippen MR) is 79.3 cm³/mol. The van der Waals surface area contributed by atoms with E-state index in [0.717, 1.165) is 25.5 Å². The minimum atomic E-state index is -0.592. The van der Waals surface area contributed by atoms with Crippen molar-refractivity contribution in [3.05, 3.63) is 33.1 Å². The Kier molecular flexibility index (Phi) is 4.77. The first-order chi connectivity index (χ1) is 9.86. The number of nitro groups is 1. The first-order valence-corrected chi connectivity index (χ1v) is 7.35. The number of nitrogens with one attached hydrogen (secondary N) is 1. The summed E-state index contributed by atoms with van der Waals surface area (Å²) >= 11 is 5.88. The van der Waals surface area contributed by atoms with Crippen LogP contribution >= 0.6 is 11.6 Å². The van der Waals surface area contributed by atoms with Crippen molar-refractivity contribution in [2.24, 2.45) is 11.8 Å². The highest BCUT2D eigenvalue weighted by Crippen LogP contribution is 2.29. The smallest absolute Gasteiger partial charge is 0.288 e. The Hall–Kier alpha value is -1.69. The molecule has 2 unspecified atom stereocenters. The zero-order valence-corrected chi connectivity index (χ0v) is 12.8. The number of amides is 1. The second kappa shape index (κ2) is 6.39. The third-order valence-corrected chi connectivity index (χ3v) is 4.10. The number of hydrogen-bond donors (Lipinski definition) is 1. The first-order valence-electron chi connectivity index (χ1n) is 6.97. The Labute approximate surface area is 128 Å². The fourth-order valence-electron chi connectivity index (χ4n) is 3.02. The summed E-state index contributed by atoms with van der Waals surface area (Å²) in [6.07, 6.45) is 4.03. The fraction of sp³-hybridized carbons (Fsp3) is 0.571. The average molecular weight is 312 g/mol. The highest BCUT2D eigenvalue weighted by Gasteiger charge is 2.26. The molecule has 7 heteroatoms. The molecule has 2 atom stereocenters. The molecule has 0 saturated heterocycles. The summed E-state index contributed by atoms with van der Waals surface area (Å²) < 4.78 is 0. The number of carbonyl (C=O) groups is 1. The number of halogens is 1. The summed E-state index contributed by atoms with van der Waals surface area (Å²) in [4.78, 5) is 26.1. The van der Waals surface area contributed by atoms with Gasteiger partial charge >= 0.3 is 0 Å². The van der Waals surface area contributed by atoms with Gasteiger partial charge in [-0.1, -0.05) is 25.4 Å². The van der Waals surface area contributed by atoms with E-state index in [4.69, 9.17) is 11.6 Å². The van der Waals surface area contributed by atoms with Crippen LogP contribution in [-0.2, 0) is 0 Å². The van der Waals surface area contributed by atoms with Gasteiger partial charge in [0.15, 0.2) is 0 Å². The lowest BCUT2D eigenvalue weighted by atomic mass is 9.80. The molecule has 1 fully saturated rings. The van der Waals surface area contributed by atoms with Crippen molar-refractivity contribution in [1.82, 2.24) is 10.3 Å². The van der Waals surface area contributed by atoms with Crippen molar-refractivity contribution in [3.8, 4) is 0 Å².